The smallest absolute Gasteiger partial charge is 0.395 e. The zero-order valence-electron chi connectivity index (χ0n) is 17.9. The number of hydrogen-bond donors (Lipinski definition) is 2. The number of pyridine rings is 1. The van der Waals surface area contributed by atoms with E-state index in [0.29, 0.717) is 28.7 Å². The summed E-state index contributed by atoms with van der Waals surface area (Å²) in [6, 6.07) is 8.72. The minimum Gasteiger partial charge on any atom is -0.489 e. The lowest BCUT2D eigenvalue weighted by atomic mass is 9.96. The molecule has 2 N–H and O–H groups in total. The predicted molar refractivity (Wildman–Crippen MR) is 115 cm³/mol. The molecule has 6 rings (SSSR count). The van der Waals surface area contributed by atoms with E-state index in [0.717, 1.165) is 11.3 Å². The Morgan fingerprint density at radius 3 is 2.82 bits per heavy atom. The van der Waals surface area contributed by atoms with Crippen molar-refractivity contribution in [1.82, 2.24) is 20.3 Å². The second kappa shape index (κ2) is 7.34. The molecule has 10 heteroatoms. The average Bonchev–Trinajstić information content (AvgIpc) is 3.17. The first kappa shape index (κ1) is 20.8. The number of amides is 1. The SMILES string of the molecule is CNC(=O)c1cc(Oc2ccc3c(c2)C2C(O3)C2c2nc3c([nH]2)CC(C(F)(F)F)C=C3)ccn1. The van der Waals surface area contributed by atoms with Gasteiger partial charge in [-0.05, 0) is 30.3 Å². The summed E-state index contributed by atoms with van der Waals surface area (Å²) in [4.78, 5) is 23.5. The molecule has 1 fully saturated rings. The van der Waals surface area contributed by atoms with Gasteiger partial charge in [0.05, 0.1) is 17.5 Å². The molecule has 2 aliphatic carbocycles. The summed E-state index contributed by atoms with van der Waals surface area (Å²) in [5, 5.41) is 2.52. The van der Waals surface area contributed by atoms with E-state index < -0.39 is 12.1 Å². The van der Waals surface area contributed by atoms with Gasteiger partial charge in [0.1, 0.15) is 34.9 Å². The highest BCUT2D eigenvalue weighted by Crippen LogP contribution is 2.63. The first-order chi connectivity index (χ1) is 16.3. The van der Waals surface area contributed by atoms with Crippen molar-refractivity contribution in [2.45, 2.75) is 30.5 Å². The molecular formula is C24H19F3N4O3. The van der Waals surface area contributed by atoms with Crippen LogP contribution < -0.4 is 14.8 Å². The quantitative estimate of drug-likeness (QED) is 0.595. The predicted octanol–water partition coefficient (Wildman–Crippen LogP) is 4.35. The lowest BCUT2D eigenvalue weighted by molar-refractivity contribution is -0.160. The molecule has 34 heavy (non-hydrogen) atoms. The molecule has 1 aliphatic heterocycles. The second-order valence-corrected chi connectivity index (χ2v) is 8.59. The van der Waals surface area contributed by atoms with Gasteiger partial charge in [0.25, 0.3) is 5.91 Å². The lowest BCUT2D eigenvalue weighted by Crippen LogP contribution is -2.25. The summed E-state index contributed by atoms with van der Waals surface area (Å²) in [6.07, 6.45) is -0.406. The number of alkyl halides is 3. The van der Waals surface area contributed by atoms with E-state index in [4.69, 9.17) is 9.47 Å². The largest absolute Gasteiger partial charge is 0.489 e. The maximum atomic E-state index is 13.1. The van der Waals surface area contributed by atoms with Gasteiger partial charge in [-0.25, -0.2) is 4.98 Å². The molecular weight excluding hydrogens is 449 g/mol. The van der Waals surface area contributed by atoms with Crippen molar-refractivity contribution in [2.75, 3.05) is 7.05 Å². The number of rotatable bonds is 4. The fraction of sp³-hybridized carbons (Fsp3) is 0.292. The molecule has 174 valence electrons. The first-order valence-electron chi connectivity index (χ1n) is 10.8. The summed E-state index contributed by atoms with van der Waals surface area (Å²) < 4.78 is 51.3. The van der Waals surface area contributed by atoms with Crippen LogP contribution in [0.3, 0.4) is 0 Å². The molecule has 1 aromatic carbocycles. The number of nitrogens with one attached hydrogen (secondary N) is 2. The number of fused-ring (bicyclic) bond motifs is 4. The van der Waals surface area contributed by atoms with Crippen LogP contribution >= 0.6 is 0 Å². The highest BCUT2D eigenvalue weighted by molar-refractivity contribution is 5.92. The lowest BCUT2D eigenvalue weighted by Gasteiger charge is -2.18. The van der Waals surface area contributed by atoms with Gasteiger partial charge in [0.2, 0.25) is 0 Å². The normalized spacial score (nSPS) is 24.0. The van der Waals surface area contributed by atoms with Gasteiger partial charge in [0.15, 0.2) is 0 Å². The van der Waals surface area contributed by atoms with Gasteiger partial charge in [-0.1, -0.05) is 6.08 Å². The van der Waals surface area contributed by atoms with E-state index in [1.165, 1.54) is 25.4 Å². The standard InChI is InChI=1S/C24H19F3N4O3/c1-28-23(32)17-10-13(6-7-29-17)33-12-3-5-18-14(9-12)19-20(21(19)34-18)22-30-15-4-2-11(24(25,26)27)8-16(15)31-22/h2-7,9-11,19-21H,8H2,1H3,(H,28,32)(H,30,31). The topological polar surface area (TPSA) is 89.1 Å². The molecule has 4 unspecified atom stereocenters. The van der Waals surface area contributed by atoms with Crippen molar-refractivity contribution >= 4 is 12.0 Å². The number of nitrogens with zero attached hydrogens (tertiary/aromatic N) is 2. The van der Waals surface area contributed by atoms with Crippen LogP contribution in [-0.4, -0.2) is 40.2 Å². The second-order valence-electron chi connectivity index (χ2n) is 8.59. The van der Waals surface area contributed by atoms with Crippen LogP contribution in [0.15, 0.2) is 42.6 Å². The van der Waals surface area contributed by atoms with E-state index in [1.54, 1.807) is 18.2 Å². The number of imidazole rings is 1. The molecule has 0 spiro atoms. The van der Waals surface area contributed by atoms with Crippen LogP contribution in [0, 0.1) is 5.92 Å². The number of carbonyl (C=O) groups excluding carboxylic acids is 1. The highest BCUT2D eigenvalue weighted by Gasteiger charge is 2.61. The summed E-state index contributed by atoms with van der Waals surface area (Å²) in [6.45, 7) is 0. The Morgan fingerprint density at radius 1 is 1.21 bits per heavy atom. The minimum absolute atomic E-state index is 0.0485. The monoisotopic (exact) mass is 468 g/mol. The summed E-state index contributed by atoms with van der Waals surface area (Å²) in [5.41, 5.74) is 2.27. The van der Waals surface area contributed by atoms with Crippen molar-refractivity contribution in [1.29, 1.82) is 0 Å². The van der Waals surface area contributed by atoms with Gasteiger partial charge in [-0.15, -0.1) is 0 Å². The van der Waals surface area contributed by atoms with Crippen molar-refractivity contribution < 1.29 is 27.4 Å². The van der Waals surface area contributed by atoms with E-state index in [9.17, 15) is 18.0 Å². The van der Waals surface area contributed by atoms with Gasteiger partial charge >= 0.3 is 6.18 Å². The van der Waals surface area contributed by atoms with Crippen LogP contribution in [0.2, 0.25) is 0 Å². The van der Waals surface area contributed by atoms with Crippen LogP contribution in [0.4, 0.5) is 13.2 Å². The molecule has 4 atom stereocenters. The maximum absolute atomic E-state index is 13.1. The Kier molecular flexibility index (Phi) is 4.48. The Bertz CT molecular complexity index is 1330. The number of aromatic nitrogens is 3. The number of halogens is 3. The van der Waals surface area contributed by atoms with Crippen LogP contribution in [0.1, 0.15) is 45.1 Å². The van der Waals surface area contributed by atoms with Crippen LogP contribution in [-0.2, 0) is 6.42 Å². The third-order valence-corrected chi connectivity index (χ3v) is 6.46. The van der Waals surface area contributed by atoms with Gasteiger partial charge < -0.3 is 19.8 Å². The molecule has 0 radical (unpaired) electrons. The van der Waals surface area contributed by atoms with Crippen LogP contribution in [0.25, 0.3) is 6.08 Å². The highest BCUT2D eigenvalue weighted by atomic mass is 19.4. The van der Waals surface area contributed by atoms with E-state index in [-0.39, 0.29) is 36.0 Å². The number of carbonyl (C=O) groups is 1. The zero-order valence-corrected chi connectivity index (χ0v) is 17.9. The Morgan fingerprint density at radius 2 is 2.03 bits per heavy atom. The first-order valence-corrected chi connectivity index (χ1v) is 10.8. The Labute approximate surface area is 192 Å². The minimum atomic E-state index is -4.27. The van der Waals surface area contributed by atoms with Gasteiger partial charge in [-0.2, -0.15) is 13.2 Å². The molecule has 3 aromatic rings. The number of ether oxygens (including phenoxy) is 2. The van der Waals surface area contributed by atoms with E-state index in [1.807, 2.05) is 12.1 Å². The van der Waals surface area contributed by atoms with E-state index >= 15 is 0 Å². The Balaban J connectivity index is 1.21. The number of benzene rings is 1. The third kappa shape index (κ3) is 3.41. The molecule has 0 saturated heterocycles. The number of hydrogen-bond acceptors (Lipinski definition) is 5. The Hall–Kier alpha value is -3.82. The number of H-pyrrole nitrogens is 1. The summed E-state index contributed by atoms with van der Waals surface area (Å²) in [5.74, 6) is 0.647. The van der Waals surface area contributed by atoms with Crippen molar-refractivity contribution in [2.24, 2.45) is 5.92 Å². The number of allylic oxidation sites excluding steroid dienone is 1. The molecule has 3 aliphatic rings. The van der Waals surface area contributed by atoms with Crippen molar-refractivity contribution in [3.8, 4) is 17.2 Å². The third-order valence-electron chi connectivity index (χ3n) is 6.46. The molecule has 1 amide bonds. The fourth-order valence-electron chi connectivity index (χ4n) is 4.71. The molecule has 2 aromatic heterocycles. The van der Waals surface area contributed by atoms with Crippen molar-refractivity contribution in [3.05, 3.63) is 71.1 Å². The van der Waals surface area contributed by atoms with Gasteiger partial charge in [-0.3, -0.25) is 9.78 Å². The number of aromatic amines is 1. The summed E-state index contributed by atoms with van der Waals surface area (Å²) >= 11 is 0. The molecule has 0 bridgehead atoms. The van der Waals surface area contributed by atoms with Crippen LogP contribution in [0.5, 0.6) is 17.2 Å². The molecule has 7 nitrogen and oxygen atoms in total. The fourth-order valence-corrected chi connectivity index (χ4v) is 4.71. The van der Waals surface area contributed by atoms with Crippen molar-refractivity contribution in [3.63, 3.8) is 0 Å². The zero-order chi connectivity index (χ0) is 23.6. The maximum Gasteiger partial charge on any atom is 0.395 e. The molecule has 3 heterocycles. The average molecular weight is 468 g/mol. The molecule has 1 saturated carbocycles. The van der Waals surface area contributed by atoms with Gasteiger partial charge in [0, 0.05) is 42.9 Å². The summed E-state index contributed by atoms with van der Waals surface area (Å²) in [7, 11) is 1.53. The van der Waals surface area contributed by atoms with E-state index in [2.05, 4.69) is 20.3 Å².